The van der Waals surface area contributed by atoms with Crippen molar-refractivity contribution in [1.82, 2.24) is 10.6 Å². The van der Waals surface area contributed by atoms with Gasteiger partial charge in [-0.2, -0.15) is 25.3 Å². The van der Waals surface area contributed by atoms with Crippen LogP contribution >= 0.6 is 25.3 Å². The van der Waals surface area contributed by atoms with E-state index in [9.17, 15) is 18.4 Å². The zero-order chi connectivity index (χ0) is 13.7. The highest BCUT2D eigenvalue weighted by molar-refractivity contribution is 7.80. The number of rotatable bonds is 7. The maximum atomic E-state index is 14.0. The van der Waals surface area contributed by atoms with E-state index in [0.29, 0.717) is 0 Å². The molecule has 2 N–H and O–H groups in total. The summed E-state index contributed by atoms with van der Waals surface area (Å²) in [6, 6.07) is 0. The van der Waals surface area contributed by atoms with Gasteiger partial charge in [-0.25, -0.2) is 8.78 Å². The monoisotopic (exact) mass is 286 g/mol. The summed E-state index contributed by atoms with van der Waals surface area (Å²) >= 11 is 7.35. The summed E-state index contributed by atoms with van der Waals surface area (Å²) in [6.45, 7) is 0. The number of carbonyl (C=O) groups excluding carboxylic acids is 2. The Balaban J connectivity index is 4.92. The van der Waals surface area contributed by atoms with Crippen molar-refractivity contribution in [2.75, 3.05) is 25.6 Å². The van der Waals surface area contributed by atoms with E-state index in [1.165, 1.54) is 14.1 Å². The van der Waals surface area contributed by atoms with Gasteiger partial charge >= 0.3 is 0 Å². The van der Waals surface area contributed by atoms with Gasteiger partial charge in [0.25, 0.3) is 5.91 Å². The van der Waals surface area contributed by atoms with Crippen LogP contribution in [0.2, 0.25) is 0 Å². The standard InChI is InChI=1S/C9H16F2N2O2S2/c1-12-7(15)8(10,4-16)3-6(14)9(11,5-17)13-2/h13,16-17H,3-5H2,1-2H3,(H,12,15)/t8-,9+/m1/s1. The van der Waals surface area contributed by atoms with Crippen molar-refractivity contribution in [1.29, 1.82) is 0 Å². The molecular formula is C9H16F2N2O2S2. The van der Waals surface area contributed by atoms with Crippen molar-refractivity contribution in [3.8, 4) is 0 Å². The largest absolute Gasteiger partial charge is 0.356 e. The summed E-state index contributed by atoms with van der Waals surface area (Å²) in [5, 5.41) is 4.19. The van der Waals surface area contributed by atoms with Gasteiger partial charge < -0.3 is 5.32 Å². The summed E-state index contributed by atoms with van der Waals surface area (Å²) in [7, 11) is 2.44. The fourth-order valence-corrected chi connectivity index (χ4v) is 1.72. The van der Waals surface area contributed by atoms with E-state index in [-0.39, 0.29) is 0 Å². The highest BCUT2D eigenvalue weighted by Crippen LogP contribution is 2.24. The smallest absolute Gasteiger partial charge is 0.258 e. The fourth-order valence-electron chi connectivity index (χ4n) is 1.13. The molecule has 1 amide bonds. The van der Waals surface area contributed by atoms with Crippen LogP contribution in [0.25, 0.3) is 0 Å². The van der Waals surface area contributed by atoms with E-state index < -0.39 is 41.1 Å². The molecule has 8 heteroatoms. The average Bonchev–Trinajstić information content (AvgIpc) is 2.36. The molecule has 0 saturated carbocycles. The molecule has 0 saturated heterocycles. The molecule has 0 fully saturated rings. The first kappa shape index (κ1) is 16.7. The number of amides is 1. The second-order valence-corrected chi connectivity index (χ2v) is 4.14. The van der Waals surface area contributed by atoms with E-state index in [2.05, 4.69) is 35.9 Å². The molecule has 0 aliphatic carbocycles. The number of alkyl halides is 2. The molecule has 0 unspecified atom stereocenters. The number of carbonyl (C=O) groups is 2. The van der Waals surface area contributed by atoms with Crippen molar-refractivity contribution in [2.45, 2.75) is 17.9 Å². The zero-order valence-electron chi connectivity index (χ0n) is 9.59. The lowest BCUT2D eigenvalue weighted by atomic mass is 9.96. The third kappa shape index (κ3) is 3.82. The number of ketones is 1. The van der Waals surface area contributed by atoms with Gasteiger partial charge in [0.15, 0.2) is 5.78 Å². The van der Waals surface area contributed by atoms with E-state index in [4.69, 9.17) is 0 Å². The third-order valence-electron chi connectivity index (χ3n) is 2.38. The summed E-state index contributed by atoms with van der Waals surface area (Å²) in [5.74, 6) is -5.48. The first-order valence-corrected chi connectivity index (χ1v) is 6.10. The molecule has 17 heavy (non-hydrogen) atoms. The molecule has 0 spiro atoms. The molecule has 0 aliphatic rings. The predicted octanol–water partition coefficient (Wildman–Crippen LogP) is 0.145. The predicted molar refractivity (Wildman–Crippen MR) is 68.1 cm³/mol. The Morgan fingerprint density at radius 2 is 1.71 bits per heavy atom. The van der Waals surface area contributed by atoms with Crippen LogP contribution in [0.3, 0.4) is 0 Å². The van der Waals surface area contributed by atoms with Gasteiger partial charge in [-0.1, -0.05) is 0 Å². The second-order valence-electron chi connectivity index (χ2n) is 3.51. The summed E-state index contributed by atoms with van der Waals surface area (Å²) in [5.41, 5.74) is -2.52. The second kappa shape index (κ2) is 6.55. The lowest BCUT2D eigenvalue weighted by molar-refractivity contribution is -0.140. The first-order valence-electron chi connectivity index (χ1n) is 4.83. The molecule has 0 aromatic carbocycles. The van der Waals surface area contributed by atoms with Crippen LogP contribution in [0, 0.1) is 0 Å². The van der Waals surface area contributed by atoms with Crippen molar-refractivity contribution in [3.63, 3.8) is 0 Å². The molecule has 0 aromatic heterocycles. The number of halogens is 2. The van der Waals surface area contributed by atoms with E-state index in [1.54, 1.807) is 0 Å². The maximum absolute atomic E-state index is 14.0. The summed E-state index contributed by atoms with van der Waals surface area (Å²) in [6.07, 6.45) is -0.895. The van der Waals surface area contributed by atoms with Gasteiger partial charge in [-0.15, -0.1) is 0 Å². The Morgan fingerprint density at radius 3 is 2.00 bits per heavy atom. The quantitative estimate of drug-likeness (QED) is 0.398. The molecule has 0 rings (SSSR count). The van der Waals surface area contributed by atoms with Crippen molar-refractivity contribution in [3.05, 3.63) is 0 Å². The lowest BCUT2D eigenvalue weighted by Gasteiger charge is -2.26. The van der Waals surface area contributed by atoms with Gasteiger partial charge in [-0.3, -0.25) is 14.9 Å². The first-order chi connectivity index (χ1) is 7.79. The van der Waals surface area contributed by atoms with Gasteiger partial charge in [0.05, 0.1) is 6.42 Å². The van der Waals surface area contributed by atoms with Crippen LogP contribution in [-0.2, 0) is 9.59 Å². The average molecular weight is 286 g/mol. The van der Waals surface area contributed by atoms with E-state index in [0.717, 1.165) is 0 Å². The summed E-state index contributed by atoms with van der Waals surface area (Å²) < 4.78 is 27.9. The SMILES string of the molecule is CNC(=O)[C@](F)(CS)CC(=O)[C@](F)(CS)NC. The van der Waals surface area contributed by atoms with Crippen molar-refractivity contribution >= 4 is 36.9 Å². The molecule has 0 radical (unpaired) electrons. The van der Waals surface area contributed by atoms with E-state index in [1.807, 2.05) is 0 Å². The van der Waals surface area contributed by atoms with Crippen LogP contribution in [0.4, 0.5) is 8.78 Å². The normalized spacial score (nSPS) is 18.0. The highest BCUT2D eigenvalue weighted by Gasteiger charge is 2.45. The Labute approximate surface area is 110 Å². The molecule has 0 aromatic rings. The topological polar surface area (TPSA) is 58.2 Å². The highest BCUT2D eigenvalue weighted by atomic mass is 32.1. The molecule has 100 valence electrons. The summed E-state index contributed by atoms with van der Waals surface area (Å²) in [4.78, 5) is 22.8. The minimum absolute atomic E-state index is 0.446. The minimum Gasteiger partial charge on any atom is -0.356 e. The van der Waals surface area contributed by atoms with Gasteiger partial charge in [0, 0.05) is 18.6 Å². The maximum Gasteiger partial charge on any atom is 0.258 e. The van der Waals surface area contributed by atoms with Crippen LogP contribution in [-0.4, -0.2) is 48.8 Å². The number of Topliss-reactive ketones (excluding diaryl/α,β-unsaturated/α-hetero) is 1. The number of thiol groups is 2. The molecule has 2 atom stereocenters. The number of hydrogen-bond acceptors (Lipinski definition) is 5. The van der Waals surface area contributed by atoms with Crippen molar-refractivity contribution in [2.24, 2.45) is 0 Å². The van der Waals surface area contributed by atoms with Gasteiger partial charge in [-0.05, 0) is 7.05 Å². The molecule has 0 aliphatic heterocycles. The third-order valence-corrected chi connectivity index (χ3v) is 3.32. The van der Waals surface area contributed by atoms with E-state index >= 15 is 0 Å². The number of hydrogen-bond donors (Lipinski definition) is 4. The Bertz CT molecular complexity index is 301. The lowest BCUT2D eigenvalue weighted by Crippen LogP contribution is -2.53. The number of nitrogens with one attached hydrogen (secondary N) is 2. The van der Waals surface area contributed by atoms with Crippen molar-refractivity contribution < 1.29 is 18.4 Å². The fraction of sp³-hybridized carbons (Fsp3) is 0.778. The molecule has 4 nitrogen and oxygen atoms in total. The Morgan fingerprint density at radius 1 is 1.18 bits per heavy atom. The van der Waals surface area contributed by atoms with Crippen LogP contribution in [0.1, 0.15) is 6.42 Å². The Hall–Kier alpha value is -0.340. The Kier molecular flexibility index (Phi) is 6.42. The van der Waals surface area contributed by atoms with Crippen LogP contribution < -0.4 is 10.6 Å². The zero-order valence-corrected chi connectivity index (χ0v) is 11.4. The van der Waals surface area contributed by atoms with Crippen LogP contribution in [0.15, 0.2) is 0 Å². The van der Waals surface area contributed by atoms with Crippen LogP contribution in [0.5, 0.6) is 0 Å². The van der Waals surface area contributed by atoms with Gasteiger partial charge in [0.2, 0.25) is 11.5 Å². The molecule has 0 heterocycles. The molecular weight excluding hydrogens is 270 g/mol. The number of likely N-dealkylation sites (N-methyl/N-ethyl adjacent to an activating group) is 1. The minimum atomic E-state index is -2.52. The molecule has 0 bridgehead atoms. The van der Waals surface area contributed by atoms with Gasteiger partial charge in [0.1, 0.15) is 0 Å².